The second-order valence-corrected chi connectivity index (χ2v) is 4.30. The van der Waals surface area contributed by atoms with Crippen LogP contribution in [0.15, 0.2) is 23.2 Å². The Morgan fingerprint density at radius 3 is 2.56 bits per heavy atom. The normalized spacial score (nSPS) is 9.75. The van der Waals surface area contributed by atoms with E-state index in [9.17, 15) is 4.79 Å². The zero-order valence-electron chi connectivity index (χ0n) is 9.58. The molecule has 0 aliphatic heterocycles. The molecule has 0 saturated heterocycles. The molecule has 0 saturated carbocycles. The number of esters is 1. The number of rotatable bonds is 3. The molecule has 0 N–H and O–H groups in total. The third-order valence-electron chi connectivity index (χ3n) is 2.22. The van der Waals surface area contributed by atoms with Gasteiger partial charge in [0.25, 0.3) is 0 Å². The number of hydrogen-bond acceptors (Lipinski definition) is 3. The summed E-state index contributed by atoms with van der Waals surface area (Å²) in [6.07, 6.45) is 1.71. The summed E-state index contributed by atoms with van der Waals surface area (Å²) in [6, 6.07) is 3.55. The number of methoxy groups -OCH3 is 1. The van der Waals surface area contributed by atoms with Crippen molar-refractivity contribution in [1.82, 2.24) is 0 Å². The number of nitrogens with zero attached hydrogens (tertiary/aromatic N) is 1. The minimum absolute atomic E-state index is 0.348. The van der Waals surface area contributed by atoms with Gasteiger partial charge < -0.3 is 9.64 Å². The van der Waals surface area contributed by atoms with Crippen LogP contribution in [0.25, 0.3) is 6.08 Å². The highest BCUT2D eigenvalue weighted by Gasteiger charge is 2.17. The van der Waals surface area contributed by atoms with Gasteiger partial charge in [-0.05, 0) is 12.1 Å². The molecular weight excluding hydrogens is 270 g/mol. The number of carbonyl (C=O) groups excluding carboxylic acids is 1. The molecule has 1 aromatic carbocycles. The van der Waals surface area contributed by atoms with Crippen LogP contribution < -0.4 is 4.90 Å². The first-order valence-electron chi connectivity index (χ1n) is 4.73. The van der Waals surface area contributed by atoms with E-state index in [1.807, 2.05) is 25.1 Å². The van der Waals surface area contributed by atoms with Crippen LogP contribution in [0.4, 0.5) is 5.69 Å². The first kappa shape index (κ1) is 12.8. The molecule has 0 radical (unpaired) electrons. The predicted molar refractivity (Wildman–Crippen MR) is 69.9 cm³/mol. The van der Waals surface area contributed by atoms with Crippen LogP contribution in [0.3, 0.4) is 0 Å². The minimum Gasteiger partial charge on any atom is -0.465 e. The van der Waals surface area contributed by atoms with Crippen molar-refractivity contribution in [3.05, 3.63) is 34.3 Å². The summed E-state index contributed by atoms with van der Waals surface area (Å²) in [5, 5.41) is 0. The zero-order valence-corrected chi connectivity index (χ0v) is 11.2. The van der Waals surface area contributed by atoms with Crippen LogP contribution in [-0.4, -0.2) is 27.2 Å². The summed E-state index contributed by atoms with van der Waals surface area (Å²) in [5.74, 6) is -0.348. The van der Waals surface area contributed by atoms with Crippen molar-refractivity contribution in [1.29, 1.82) is 0 Å². The van der Waals surface area contributed by atoms with Gasteiger partial charge in [-0.25, -0.2) is 4.79 Å². The van der Waals surface area contributed by atoms with E-state index in [2.05, 4.69) is 22.5 Å². The maximum Gasteiger partial charge on any atom is 0.339 e. The van der Waals surface area contributed by atoms with Crippen molar-refractivity contribution < 1.29 is 9.53 Å². The van der Waals surface area contributed by atoms with Gasteiger partial charge in [-0.3, -0.25) is 0 Å². The quantitative estimate of drug-likeness (QED) is 0.799. The lowest BCUT2D eigenvalue weighted by Crippen LogP contribution is -2.16. The molecule has 0 aromatic heterocycles. The third-order valence-corrected chi connectivity index (χ3v) is 2.91. The summed E-state index contributed by atoms with van der Waals surface area (Å²) in [4.78, 5) is 13.5. The van der Waals surface area contributed by atoms with E-state index in [1.54, 1.807) is 12.1 Å². The Bertz CT molecular complexity index is 427. The number of hydrogen-bond donors (Lipinski definition) is 0. The van der Waals surface area contributed by atoms with Crippen LogP contribution >= 0.6 is 15.9 Å². The lowest BCUT2D eigenvalue weighted by molar-refractivity contribution is 0.0601. The van der Waals surface area contributed by atoms with Crippen molar-refractivity contribution in [3.63, 3.8) is 0 Å². The predicted octanol–water partition coefficient (Wildman–Crippen LogP) is 2.94. The molecule has 0 bridgehead atoms. The van der Waals surface area contributed by atoms with Gasteiger partial charge in [-0.2, -0.15) is 0 Å². The molecule has 16 heavy (non-hydrogen) atoms. The molecule has 0 aliphatic carbocycles. The Kier molecular flexibility index (Phi) is 4.12. The Morgan fingerprint density at radius 1 is 1.50 bits per heavy atom. The van der Waals surface area contributed by atoms with Crippen LogP contribution in [0.1, 0.15) is 15.9 Å². The number of ether oxygens (including phenoxy) is 1. The Balaban J connectivity index is 3.51. The van der Waals surface area contributed by atoms with Gasteiger partial charge in [0.1, 0.15) is 0 Å². The van der Waals surface area contributed by atoms with Gasteiger partial charge in [0.15, 0.2) is 0 Å². The topological polar surface area (TPSA) is 29.5 Å². The van der Waals surface area contributed by atoms with Crippen LogP contribution in [-0.2, 0) is 4.74 Å². The van der Waals surface area contributed by atoms with Crippen molar-refractivity contribution >= 4 is 33.7 Å². The van der Waals surface area contributed by atoms with Crippen molar-refractivity contribution in [3.8, 4) is 0 Å². The first-order chi connectivity index (χ1) is 7.52. The average Bonchev–Trinajstić information content (AvgIpc) is 2.27. The standard InChI is InChI=1S/C12H14BrNO2/c1-5-8-10(13)7-6-9(12(15)16-4)11(8)14(2)3/h5-7H,1H2,2-4H3. The second-order valence-electron chi connectivity index (χ2n) is 3.45. The van der Waals surface area contributed by atoms with Gasteiger partial charge in [-0.15, -0.1) is 0 Å². The fourth-order valence-corrected chi connectivity index (χ4v) is 2.02. The summed E-state index contributed by atoms with van der Waals surface area (Å²) >= 11 is 3.43. The SMILES string of the molecule is C=Cc1c(Br)ccc(C(=O)OC)c1N(C)C. The van der Waals surface area contributed by atoms with E-state index in [4.69, 9.17) is 4.74 Å². The molecule has 0 unspecified atom stereocenters. The summed E-state index contributed by atoms with van der Waals surface area (Å²) in [5.41, 5.74) is 2.22. The first-order valence-corrected chi connectivity index (χ1v) is 5.52. The van der Waals surface area contributed by atoms with E-state index < -0.39 is 0 Å². The largest absolute Gasteiger partial charge is 0.465 e. The molecule has 0 atom stereocenters. The number of carbonyl (C=O) groups is 1. The van der Waals surface area contributed by atoms with Gasteiger partial charge in [0, 0.05) is 24.1 Å². The number of anilines is 1. The number of halogens is 1. The van der Waals surface area contributed by atoms with Gasteiger partial charge in [-0.1, -0.05) is 28.6 Å². The van der Waals surface area contributed by atoms with E-state index in [-0.39, 0.29) is 5.97 Å². The molecule has 0 fully saturated rings. The highest BCUT2D eigenvalue weighted by Crippen LogP contribution is 2.31. The molecule has 1 aromatic rings. The third kappa shape index (κ3) is 2.27. The van der Waals surface area contributed by atoms with Crippen LogP contribution in [0.2, 0.25) is 0 Å². The molecule has 1 rings (SSSR count). The van der Waals surface area contributed by atoms with E-state index in [1.165, 1.54) is 7.11 Å². The van der Waals surface area contributed by atoms with Crippen LogP contribution in [0.5, 0.6) is 0 Å². The zero-order chi connectivity index (χ0) is 12.3. The van der Waals surface area contributed by atoms with Gasteiger partial charge in [0.05, 0.1) is 18.4 Å². The summed E-state index contributed by atoms with van der Waals surface area (Å²) in [7, 11) is 5.12. The average molecular weight is 284 g/mol. The maximum atomic E-state index is 11.6. The molecule has 0 heterocycles. The monoisotopic (exact) mass is 283 g/mol. The van der Waals surface area contributed by atoms with E-state index in [0.29, 0.717) is 5.56 Å². The van der Waals surface area contributed by atoms with Crippen LogP contribution in [0, 0.1) is 0 Å². The number of benzene rings is 1. The molecule has 86 valence electrons. The molecule has 0 spiro atoms. The van der Waals surface area contributed by atoms with Crippen molar-refractivity contribution in [2.75, 3.05) is 26.1 Å². The van der Waals surface area contributed by atoms with Gasteiger partial charge >= 0.3 is 5.97 Å². The smallest absolute Gasteiger partial charge is 0.339 e. The Labute approximate surface area is 104 Å². The summed E-state index contributed by atoms with van der Waals surface area (Å²) in [6.45, 7) is 3.75. The second kappa shape index (κ2) is 5.16. The Morgan fingerprint density at radius 2 is 2.12 bits per heavy atom. The minimum atomic E-state index is -0.348. The van der Waals surface area contributed by atoms with Gasteiger partial charge in [0.2, 0.25) is 0 Å². The summed E-state index contributed by atoms with van der Waals surface area (Å²) < 4.78 is 5.65. The fraction of sp³-hybridized carbons (Fsp3) is 0.250. The molecule has 0 amide bonds. The Hall–Kier alpha value is -1.29. The van der Waals surface area contributed by atoms with E-state index in [0.717, 1.165) is 15.7 Å². The fourth-order valence-electron chi connectivity index (χ4n) is 1.53. The molecule has 4 heteroatoms. The highest BCUT2D eigenvalue weighted by atomic mass is 79.9. The molecule has 3 nitrogen and oxygen atoms in total. The van der Waals surface area contributed by atoms with Crippen molar-refractivity contribution in [2.24, 2.45) is 0 Å². The lowest BCUT2D eigenvalue weighted by atomic mass is 10.1. The van der Waals surface area contributed by atoms with Crippen molar-refractivity contribution in [2.45, 2.75) is 0 Å². The van der Waals surface area contributed by atoms with E-state index >= 15 is 0 Å². The maximum absolute atomic E-state index is 11.6. The highest BCUT2D eigenvalue weighted by molar-refractivity contribution is 9.10. The lowest BCUT2D eigenvalue weighted by Gasteiger charge is -2.20. The molecule has 0 aliphatic rings. The molecular formula is C12H14BrNO2.